The van der Waals surface area contributed by atoms with E-state index in [2.05, 4.69) is 26.1 Å². The van der Waals surface area contributed by atoms with Crippen LogP contribution in [0.1, 0.15) is 72.1 Å². The molecule has 2 unspecified atom stereocenters. The van der Waals surface area contributed by atoms with Gasteiger partial charge in [-0.1, -0.05) is 40.0 Å². The number of nitrogens with one attached hydrogen (secondary N) is 1. The maximum absolute atomic E-state index is 6.28. The zero-order valence-corrected chi connectivity index (χ0v) is 13.3. The van der Waals surface area contributed by atoms with Crippen molar-refractivity contribution in [2.45, 2.75) is 78.2 Å². The van der Waals surface area contributed by atoms with Crippen molar-refractivity contribution in [3.05, 3.63) is 0 Å². The van der Waals surface area contributed by atoms with E-state index < -0.39 is 0 Å². The summed E-state index contributed by atoms with van der Waals surface area (Å²) in [6, 6.07) is 0.407. The van der Waals surface area contributed by atoms with Crippen molar-refractivity contribution >= 4 is 0 Å². The Morgan fingerprint density at radius 1 is 1.11 bits per heavy atom. The van der Waals surface area contributed by atoms with Crippen molar-refractivity contribution in [1.29, 1.82) is 0 Å². The molecule has 2 fully saturated rings. The smallest absolute Gasteiger partial charge is 0.0105 e. The molecule has 0 aliphatic heterocycles. The van der Waals surface area contributed by atoms with Gasteiger partial charge in [0.1, 0.15) is 0 Å². The average molecular weight is 266 g/mol. The Kier molecular flexibility index (Phi) is 4.94. The molecule has 0 radical (unpaired) electrons. The van der Waals surface area contributed by atoms with E-state index in [1.807, 2.05) is 0 Å². The van der Waals surface area contributed by atoms with Crippen LogP contribution in [-0.2, 0) is 0 Å². The average Bonchev–Trinajstić information content (AvgIpc) is 2.88. The number of hydrogen-bond acceptors (Lipinski definition) is 2. The molecule has 0 saturated heterocycles. The third-order valence-corrected chi connectivity index (χ3v) is 5.69. The Labute approximate surface area is 119 Å². The van der Waals surface area contributed by atoms with Crippen LogP contribution in [0.4, 0.5) is 0 Å². The molecule has 3 N–H and O–H groups in total. The topological polar surface area (TPSA) is 38.0 Å². The molecule has 0 spiro atoms. The fourth-order valence-corrected chi connectivity index (χ4v) is 4.54. The monoisotopic (exact) mass is 266 g/mol. The van der Waals surface area contributed by atoms with Crippen molar-refractivity contribution in [1.82, 2.24) is 5.32 Å². The highest BCUT2D eigenvalue weighted by molar-refractivity contribution is 4.94. The van der Waals surface area contributed by atoms with Gasteiger partial charge < -0.3 is 11.1 Å². The van der Waals surface area contributed by atoms with E-state index in [9.17, 15) is 0 Å². The molecule has 0 aromatic heterocycles. The summed E-state index contributed by atoms with van der Waals surface area (Å²) >= 11 is 0. The van der Waals surface area contributed by atoms with Crippen LogP contribution in [0.3, 0.4) is 0 Å². The van der Waals surface area contributed by atoms with E-state index >= 15 is 0 Å². The molecular weight excluding hydrogens is 232 g/mol. The van der Waals surface area contributed by atoms with Gasteiger partial charge in [0.15, 0.2) is 0 Å². The minimum absolute atomic E-state index is 0.345. The fourth-order valence-electron chi connectivity index (χ4n) is 4.54. The van der Waals surface area contributed by atoms with Crippen LogP contribution in [0.15, 0.2) is 0 Å². The first-order chi connectivity index (χ1) is 8.96. The van der Waals surface area contributed by atoms with Crippen molar-refractivity contribution in [2.24, 2.45) is 22.5 Å². The van der Waals surface area contributed by atoms with Gasteiger partial charge in [0.2, 0.25) is 0 Å². The van der Waals surface area contributed by atoms with Crippen molar-refractivity contribution in [3.8, 4) is 0 Å². The Morgan fingerprint density at radius 2 is 1.79 bits per heavy atom. The summed E-state index contributed by atoms with van der Waals surface area (Å²) < 4.78 is 0. The molecule has 2 heteroatoms. The van der Waals surface area contributed by atoms with Gasteiger partial charge in [0.25, 0.3) is 0 Å². The molecule has 112 valence electrons. The first-order valence-electron chi connectivity index (χ1n) is 8.42. The van der Waals surface area contributed by atoms with E-state index in [-0.39, 0.29) is 0 Å². The zero-order valence-electron chi connectivity index (χ0n) is 13.3. The third kappa shape index (κ3) is 3.72. The van der Waals surface area contributed by atoms with Gasteiger partial charge in [-0.2, -0.15) is 0 Å². The predicted octanol–water partition coefficient (Wildman–Crippen LogP) is 3.70. The van der Waals surface area contributed by atoms with Crippen LogP contribution >= 0.6 is 0 Å². The standard InChI is InChI=1S/C17H34N2/c1-14(2)11-17(9-4-5-10-17)13-19-12-16(3)8-6-7-15(16)18/h14-15,19H,4-13,18H2,1-3H3. The normalized spacial score (nSPS) is 34.3. The van der Waals surface area contributed by atoms with Crippen LogP contribution in [0.5, 0.6) is 0 Å². The lowest BCUT2D eigenvalue weighted by atomic mass is 9.78. The second-order valence-electron chi connectivity index (χ2n) is 8.06. The predicted molar refractivity (Wildman–Crippen MR) is 83.2 cm³/mol. The highest BCUT2D eigenvalue weighted by atomic mass is 14.9. The lowest BCUT2D eigenvalue weighted by Crippen LogP contribution is -2.45. The van der Waals surface area contributed by atoms with Gasteiger partial charge in [0, 0.05) is 19.1 Å². The Bertz CT molecular complexity index is 281. The Hall–Kier alpha value is -0.0800. The highest BCUT2D eigenvalue weighted by Crippen LogP contribution is 2.43. The summed E-state index contributed by atoms with van der Waals surface area (Å²) in [5.74, 6) is 0.823. The van der Waals surface area contributed by atoms with Crippen molar-refractivity contribution in [2.75, 3.05) is 13.1 Å². The molecule has 0 aromatic rings. The summed E-state index contributed by atoms with van der Waals surface area (Å²) in [5, 5.41) is 3.81. The molecule has 0 heterocycles. The van der Waals surface area contributed by atoms with Crippen LogP contribution in [0.25, 0.3) is 0 Å². The van der Waals surface area contributed by atoms with E-state index in [4.69, 9.17) is 5.73 Å². The molecule has 0 aromatic carbocycles. The second kappa shape index (κ2) is 6.13. The quantitative estimate of drug-likeness (QED) is 0.769. The molecule has 0 amide bonds. The molecule has 2 aliphatic rings. The van der Waals surface area contributed by atoms with Crippen LogP contribution in [0.2, 0.25) is 0 Å². The fraction of sp³-hybridized carbons (Fsp3) is 1.00. The lowest BCUT2D eigenvalue weighted by Gasteiger charge is -2.35. The summed E-state index contributed by atoms with van der Waals surface area (Å²) in [4.78, 5) is 0. The molecule has 19 heavy (non-hydrogen) atoms. The summed E-state index contributed by atoms with van der Waals surface area (Å²) in [6.45, 7) is 9.45. The lowest BCUT2D eigenvalue weighted by molar-refractivity contribution is 0.200. The number of hydrogen-bond donors (Lipinski definition) is 2. The van der Waals surface area contributed by atoms with E-state index in [0.29, 0.717) is 16.9 Å². The molecule has 2 atom stereocenters. The highest BCUT2D eigenvalue weighted by Gasteiger charge is 2.38. The molecule has 0 bridgehead atoms. The van der Waals surface area contributed by atoms with Gasteiger partial charge in [-0.15, -0.1) is 0 Å². The Balaban J connectivity index is 1.82. The minimum atomic E-state index is 0.345. The number of nitrogens with two attached hydrogens (primary N) is 1. The first kappa shape index (κ1) is 15.3. The zero-order chi connectivity index (χ0) is 13.9. The van der Waals surface area contributed by atoms with Crippen molar-refractivity contribution in [3.63, 3.8) is 0 Å². The summed E-state index contributed by atoms with van der Waals surface area (Å²) in [7, 11) is 0. The maximum Gasteiger partial charge on any atom is 0.0105 e. The third-order valence-electron chi connectivity index (χ3n) is 5.69. The number of rotatable bonds is 6. The van der Waals surface area contributed by atoms with Crippen molar-refractivity contribution < 1.29 is 0 Å². The SMILES string of the molecule is CC(C)CC1(CNCC2(C)CCCC2N)CCCC1. The summed E-state index contributed by atoms with van der Waals surface area (Å²) in [6.07, 6.45) is 11.0. The largest absolute Gasteiger partial charge is 0.327 e. The first-order valence-corrected chi connectivity index (χ1v) is 8.42. The van der Waals surface area contributed by atoms with E-state index in [0.717, 1.165) is 12.5 Å². The van der Waals surface area contributed by atoms with Crippen LogP contribution in [-0.4, -0.2) is 19.1 Å². The Morgan fingerprint density at radius 3 is 2.32 bits per heavy atom. The van der Waals surface area contributed by atoms with Gasteiger partial charge in [-0.25, -0.2) is 0 Å². The van der Waals surface area contributed by atoms with Gasteiger partial charge >= 0.3 is 0 Å². The van der Waals surface area contributed by atoms with E-state index in [1.54, 1.807) is 0 Å². The van der Waals surface area contributed by atoms with E-state index in [1.165, 1.54) is 57.9 Å². The maximum atomic E-state index is 6.28. The van der Waals surface area contributed by atoms with Gasteiger partial charge in [-0.3, -0.25) is 0 Å². The van der Waals surface area contributed by atoms with Crippen LogP contribution in [0, 0.1) is 16.7 Å². The van der Waals surface area contributed by atoms with Gasteiger partial charge in [0.05, 0.1) is 0 Å². The molecule has 2 rings (SSSR count). The molecule has 2 nitrogen and oxygen atoms in total. The molecule has 2 aliphatic carbocycles. The summed E-state index contributed by atoms with van der Waals surface area (Å²) in [5.41, 5.74) is 7.22. The minimum Gasteiger partial charge on any atom is -0.327 e. The molecular formula is C17H34N2. The van der Waals surface area contributed by atoms with Gasteiger partial charge in [-0.05, 0) is 48.9 Å². The molecule has 2 saturated carbocycles. The van der Waals surface area contributed by atoms with Crippen LogP contribution < -0.4 is 11.1 Å². The second-order valence-corrected chi connectivity index (χ2v) is 8.06.